The van der Waals surface area contributed by atoms with Crippen LogP contribution in [0, 0.1) is 10.1 Å². The van der Waals surface area contributed by atoms with Crippen molar-refractivity contribution in [2.45, 2.75) is 13.0 Å². The van der Waals surface area contributed by atoms with Gasteiger partial charge in [-0.3, -0.25) is 24.9 Å². The van der Waals surface area contributed by atoms with Gasteiger partial charge in [0.1, 0.15) is 0 Å². The smallest absolute Gasteiger partial charge is 0.338 e. The number of nitro groups is 1. The van der Waals surface area contributed by atoms with Crippen LogP contribution in [0.4, 0.5) is 11.4 Å². The zero-order chi connectivity index (χ0) is 23.8. The predicted molar refractivity (Wildman–Crippen MR) is 126 cm³/mol. The molecule has 2 aromatic heterocycles. The van der Waals surface area contributed by atoms with Gasteiger partial charge in [-0.25, -0.2) is 4.79 Å². The highest BCUT2D eigenvalue weighted by atomic mass is 32.1. The molecule has 1 aliphatic rings. The molecule has 9 nitrogen and oxygen atoms in total. The van der Waals surface area contributed by atoms with Crippen molar-refractivity contribution in [3.63, 3.8) is 0 Å². The van der Waals surface area contributed by atoms with Crippen LogP contribution in [-0.2, 0) is 4.74 Å². The predicted octanol–water partition coefficient (Wildman–Crippen LogP) is 4.97. The monoisotopic (exact) mass is 474 g/mol. The van der Waals surface area contributed by atoms with Gasteiger partial charge >= 0.3 is 5.97 Å². The number of nitrogens with one attached hydrogen (secondary N) is 1. The number of aromatic amines is 1. The molecule has 3 heterocycles. The van der Waals surface area contributed by atoms with E-state index in [0.717, 1.165) is 4.88 Å². The van der Waals surface area contributed by atoms with E-state index in [1.807, 2.05) is 17.5 Å². The molecule has 1 N–H and O–H groups in total. The van der Waals surface area contributed by atoms with E-state index in [2.05, 4.69) is 10.2 Å². The molecule has 170 valence electrons. The van der Waals surface area contributed by atoms with Crippen LogP contribution in [0.2, 0.25) is 0 Å². The molecule has 0 aliphatic carbocycles. The number of nitro benzene ring substituents is 1. The van der Waals surface area contributed by atoms with Gasteiger partial charge in [0.2, 0.25) is 0 Å². The first-order valence-corrected chi connectivity index (χ1v) is 11.4. The molecule has 1 unspecified atom stereocenters. The summed E-state index contributed by atoms with van der Waals surface area (Å²) >= 11 is 1.48. The second kappa shape index (κ2) is 8.56. The van der Waals surface area contributed by atoms with Gasteiger partial charge in [0, 0.05) is 17.3 Å². The van der Waals surface area contributed by atoms with Crippen LogP contribution in [0.15, 0.2) is 66.0 Å². The van der Waals surface area contributed by atoms with Crippen molar-refractivity contribution in [3.05, 3.63) is 98.5 Å². The summed E-state index contributed by atoms with van der Waals surface area (Å²) in [5, 5.41) is 21.0. The van der Waals surface area contributed by atoms with Crippen molar-refractivity contribution in [3.8, 4) is 10.6 Å². The summed E-state index contributed by atoms with van der Waals surface area (Å²) in [5.41, 5.74) is 2.53. The second-order valence-electron chi connectivity index (χ2n) is 7.50. The molecule has 0 bridgehead atoms. The van der Waals surface area contributed by atoms with Crippen LogP contribution in [0.3, 0.4) is 0 Å². The minimum absolute atomic E-state index is 0.0976. The number of fused-ring (bicyclic) bond motifs is 1. The number of nitrogens with zero attached hydrogens (tertiary/aromatic N) is 3. The lowest BCUT2D eigenvalue weighted by Crippen LogP contribution is -2.29. The Labute approximate surface area is 197 Å². The van der Waals surface area contributed by atoms with Gasteiger partial charge in [0.05, 0.1) is 39.3 Å². The van der Waals surface area contributed by atoms with Gasteiger partial charge < -0.3 is 4.74 Å². The lowest BCUT2D eigenvalue weighted by molar-refractivity contribution is -0.385. The summed E-state index contributed by atoms with van der Waals surface area (Å²) < 4.78 is 5.03. The average Bonchev–Trinajstić information content (AvgIpc) is 3.57. The number of benzene rings is 2. The molecule has 2 aromatic carbocycles. The number of aromatic nitrogens is 2. The van der Waals surface area contributed by atoms with Crippen molar-refractivity contribution in [1.82, 2.24) is 10.2 Å². The Hall–Kier alpha value is -4.31. The summed E-state index contributed by atoms with van der Waals surface area (Å²) in [6, 6.07) is 15.8. The first-order chi connectivity index (χ1) is 16.5. The minimum Gasteiger partial charge on any atom is -0.462 e. The van der Waals surface area contributed by atoms with Gasteiger partial charge in [0.25, 0.3) is 11.6 Å². The van der Waals surface area contributed by atoms with Crippen molar-refractivity contribution >= 4 is 34.6 Å². The number of H-pyrrole nitrogens is 1. The highest BCUT2D eigenvalue weighted by molar-refractivity contribution is 7.13. The van der Waals surface area contributed by atoms with E-state index >= 15 is 0 Å². The fourth-order valence-electron chi connectivity index (χ4n) is 4.17. The molecule has 34 heavy (non-hydrogen) atoms. The Bertz CT molecular complexity index is 1400. The third-order valence-electron chi connectivity index (χ3n) is 5.61. The molecule has 0 saturated heterocycles. The first kappa shape index (κ1) is 21.5. The Balaban J connectivity index is 1.68. The number of thiophene rings is 1. The molecule has 4 aromatic rings. The van der Waals surface area contributed by atoms with Gasteiger partial charge in [0.15, 0.2) is 5.69 Å². The standard InChI is InChI=1S/C24H18N4O5S/c1-2-33-24(30)14-9-11-15(12-10-14)27-22(16-6-3-4-7-17(16)28(31)32)19-20(18-8-5-13-34-18)25-26-21(19)23(27)29/h3-13,22H,2H2,1H3,(H,25,26). The lowest BCUT2D eigenvalue weighted by Gasteiger charge is -2.26. The second-order valence-corrected chi connectivity index (χ2v) is 8.45. The molecular formula is C24H18N4O5S. The third-order valence-corrected chi connectivity index (χ3v) is 6.50. The van der Waals surface area contributed by atoms with Crippen molar-refractivity contribution in [1.29, 1.82) is 0 Å². The molecule has 0 radical (unpaired) electrons. The van der Waals surface area contributed by atoms with Crippen molar-refractivity contribution in [2.75, 3.05) is 11.5 Å². The maximum Gasteiger partial charge on any atom is 0.338 e. The van der Waals surface area contributed by atoms with Gasteiger partial charge in [-0.15, -0.1) is 11.3 Å². The van der Waals surface area contributed by atoms with Crippen molar-refractivity contribution in [2.24, 2.45) is 0 Å². The molecule has 10 heteroatoms. The lowest BCUT2D eigenvalue weighted by atomic mass is 9.96. The van der Waals surface area contributed by atoms with Crippen LogP contribution in [-0.4, -0.2) is 33.6 Å². The number of hydrogen-bond acceptors (Lipinski definition) is 7. The van der Waals surface area contributed by atoms with E-state index in [1.54, 1.807) is 49.4 Å². The quantitative estimate of drug-likeness (QED) is 0.239. The normalized spacial score (nSPS) is 14.8. The fourth-order valence-corrected chi connectivity index (χ4v) is 4.90. The Kier molecular flexibility index (Phi) is 5.42. The largest absolute Gasteiger partial charge is 0.462 e. The third kappa shape index (κ3) is 3.44. The zero-order valence-corrected chi connectivity index (χ0v) is 18.7. The van der Waals surface area contributed by atoms with E-state index in [9.17, 15) is 19.7 Å². The zero-order valence-electron chi connectivity index (χ0n) is 17.9. The van der Waals surface area contributed by atoms with Crippen LogP contribution in [0.25, 0.3) is 10.6 Å². The molecule has 0 fully saturated rings. The van der Waals surface area contributed by atoms with Gasteiger partial charge in [-0.1, -0.05) is 18.2 Å². The Morgan fingerprint density at radius 2 is 1.94 bits per heavy atom. The highest BCUT2D eigenvalue weighted by Gasteiger charge is 2.45. The van der Waals surface area contributed by atoms with Crippen LogP contribution in [0.1, 0.15) is 44.9 Å². The van der Waals surface area contributed by atoms with Crippen LogP contribution < -0.4 is 4.90 Å². The first-order valence-electron chi connectivity index (χ1n) is 10.5. The maximum absolute atomic E-state index is 13.6. The molecular weight excluding hydrogens is 456 g/mol. The molecule has 1 amide bonds. The summed E-state index contributed by atoms with van der Waals surface area (Å²) in [6.45, 7) is 1.97. The Morgan fingerprint density at radius 3 is 2.62 bits per heavy atom. The van der Waals surface area contributed by atoms with Crippen LogP contribution in [0.5, 0.6) is 0 Å². The van der Waals surface area contributed by atoms with Crippen molar-refractivity contribution < 1.29 is 19.2 Å². The molecule has 0 saturated carbocycles. The SMILES string of the molecule is CCOC(=O)c1ccc(N2C(=O)c3n[nH]c(-c4cccs4)c3C2c2ccccc2[N+](=O)[O-])cc1. The van der Waals surface area contributed by atoms with Gasteiger partial charge in [-0.05, 0) is 48.7 Å². The van der Waals surface area contributed by atoms with Crippen LogP contribution >= 0.6 is 11.3 Å². The fraction of sp³-hybridized carbons (Fsp3) is 0.125. The van der Waals surface area contributed by atoms with E-state index in [-0.39, 0.29) is 23.9 Å². The van der Waals surface area contributed by atoms with E-state index in [0.29, 0.717) is 28.1 Å². The number of hydrogen-bond donors (Lipinski definition) is 1. The van der Waals surface area contributed by atoms with E-state index in [1.165, 1.54) is 22.3 Å². The number of esters is 1. The number of amides is 1. The molecule has 5 rings (SSSR count). The molecule has 1 aliphatic heterocycles. The molecule has 0 spiro atoms. The topological polar surface area (TPSA) is 118 Å². The number of carbonyl (C=O) groups is 2. The summed E-state index contributed by atoms with van der Waals surface area (Å²) in [5.74, 6) is -0.855. The average molecular weight is 474 g/mol. The highest BCUT2D eigenvalue weighted by Crippen LogP contribution is 2.47. The van der Waals surface area contributed by atoms with E-state index < -0.39 is 16.9 Å². The number of ether oxygens (including phenoxy) is 1. The summed E-state index contributed by atoms with van der Waals surface area (Å²) in [4.78, 5) is 39.4. The number of rotatable bonds is 6. The summed E-state index contributed by atoms with van der Waals surface area (Å²) in [7, 11) is 0. The number of anilines is 1. The molecule has 1 atom stereocenters. The Morgan fingerprint density at radius 1 is 1.18 bits per heavy atom. The summed E-state index contributed by atoms with van der Waals surface area (Å²) in [6.07, 6.45) is 0. The maximum atomic E-state index is 13.6. The number of carbonyl (C=O) groups excluding carboxylic acids is 2. The number of para-hydroxylation sites is 1. The van der Waals surface area contributed by atoms with E-state index in [4.69, 9.17) is 4.74 Å². The minimum atomic E-state index is -0.784. The van der Waals surface area contributed by atoms with Gasteiger partial charge in [-0.2, -0.15) is 5.10 Å².